The van der Waals surface area contributed by atoms with Gasteiger partial charge in [-0.3, -0.25) is 4.68 Å². The van der Waals surface area contributed by atoms with Crippen LogP contribution in [0.3, 0.4) is 0 Å². The summed E-state index contributed by atoms with van der Waals surface area (Å²) in [5, 5.41) is 4.08. The smallest absolute Gasteiger partial charge is 0.225 e. The van der Waals surface area contributed by atoms with E-state index in [-0.39, 0.29) is 0 Å². The molecule has 4 heteroatoms. The Labute approximate surface area is 68.6 Å². The zero-order chi connectivity index (χ0) is 8.10. The van der Waals surface area contributed by atoms with Gasteiger partial charge in [0.1, 0.15) is 0 Å². The molecule has 0 atom stereocenters. The van der Waals surface area contributed by atoms with E-state index in [4.69, 9.17) is 4.43 Å². The summed E-state index contributed by atoms with van der Waals surface area (Å²) in [4.78, 5) is 0. The molecule has 1 heterocycles. The molecule has 1 aromatic rings. The van der Waals surface area contributed by atoms with Gasteiger partial charge in [0.25, 0.3) is 0 Å². The van der Waals surface area contributed by atoms with Gasteiger partial charge in [0, 0.05) is 19.3 Å². The fraction of sp³-hybridized carbons (Fsp3) is 0.286. The van der Waals surface area contributed by atoms with Crippen LogP contribution in [0.2, 0.25) is 6.04 Å². The Hall–Kier alpha value is -1.03. The third-order valence-electron chi connectivity index (χ3n) is 1.26. The van der Waals surface area contributed by atoms with Crippen LogP contribution in [0.5, 0.6) is 5.88 Å². The molecular weight excluding hydrogens is 156 g/mol. The zero-order valence-electron chi connectivity index (χ0n) is 6.66. The van der Waals surface area contributed by atoms with Gasteiger partial charge in [0.05, 0.1) is 0 Å². The Balaban J connectivity index is 2.32. The molecule has 0 aromatic carbocycles. The molecule has 0 spiro atoms. The molecule has 0 aliphatic carbocycles. The average molecular weight is 168 g/mol. The highest BCUT2D eigenvalue weighted by molar-refractivity contribution is 6.28. The van der Waals surface area contributed by atoms with Crippen LogP contribution in [-0.4, -0.2) is 19.5 Å². The topological polar surface area (TPSA) is 27.1 Å². The number of aryl methyl sites for hydroxylation is 1. The Kier molecular flexibility index (Phi) is 2.91. The van der Waals surface area contributed by atoms with Crippen molar-refractivity contribution in [3.63, 3.8) is 0 Å². The maximum atomic E-state index is 5.40. The Bertz CT molecular complexity index is 234. The molecule has 0 N–H and O–H groups in total. The number of rotatable bonds is 4. The lowest BCUT2D eigenvalue weighted by Gasteiger charge is -1.97. The molecule has 0 saturated heterocycles. The minimum atomic E-state index is -0.468. The summed E-state index contributed by atoms with van der Waals surface area (Å²) in [5.74, 6) is 0.737. The summed E-state index contributed by atoms with van der Waals surface area (Å²) in [5.41, 5.74) is 0. The largest absolute Gasteiger partial charge is 0.535 e. The van der Waals surface area contributed by atoms with Crippen LogP contribution in [0, 0.1) is 0 Å². The van der Waals surface area contributed by atoms with Crippen LogP contribution in [-0.2, 0) is 7.05 Å². The molecule has 0 amide bonds. The van der Waals surface area contributed by atoms with Crippen LogP contribution in [0.1, 0.15) is 0 Å². The molecule has 0 fully saturated rings. The van der Waals surface area contributed by atoms with Crippen LogP contribution < -0.4 is 4.43 Å². The van der Waals surface area contributed by atoms with Crippen LogP contribution in [0.25, 0.3) is 0 Å². The van der Waals surface area contributed by atoms with E-state index in [1.165, 1.54) is 0 Å². The van der Waals surface area contributed by atoms with Gasteiger partial charge in [-0.15, -0.1) is 11.7 Å². The number of hydrogen-bond acceptors (Lipinski definition) is 2. The summed E-state index contributed by atoms with van der Waals surface area (Å²) in [6.45, 7) is 3.63. The second-order valence-corrected chi connectivity index (χ2v) is 3.53. The van der Waals surface area contributed by atoms with Gasteiger partial charge < -0.3 is 4.43 Å². The molecule has 0 aliphatic rings. The van der Waals surface area contributed by atoms with Gasteiger partial charge >= 0.3 is 0 Å². The maximum absolute atomic E-state index is 5.40. The van der Waals surface area contributed by atoms with Gasteiger partial charge in [0.2, 0.25) is 15.6 Å². The second kappa shape index (κ2) is 3.97. The van der Waals surface area contributed by atoms with Gasteiger partial charge in [-0.05, 0) is 6.04 Å². The first kappa shape index (κ1) is 8.07. The first-order chi connectivity index (χ1) is 5.33. The fourth-order valence-corrected chi connectivity index (χ4v) is 1.37. The molecule has 0 bridgehead atoms. The lowest BCUT2D eigenvalue weighted by Crippen LogP contribution is -2.00. The molecule has 0 saturated carbocycles. The lowest BCUT2D eigenvalue weighted by atomic mass is 10.7. The van der Waals surface area contributed by atoms with E-state index in [0.717, 1.165) is 11.9 Å². The third kappa shape index (κ3) is 2.59. The molecule has 0 radical (unpaired) electrons. The normalized spacial score (nSPS) is 10.6. The van der Waals surface area contributed by atoms with E-state index < -0.39 is 9.76 Å². The second-order valence-electron chi connectivity index (χ2n) is 2.25. The van der Waals surface area contributed by atoms with E-state index >= 15 is 0 Å². The molecule has 0 unspecified atom stereocenters. The van der Waals surface area contributed by atoms with Crippen molar-refractivity contribution in [2.75, 3.05) is 0 Å². The highest BCUT2D eigenvalue weighted by Gasteiger charge is 1.94. The van der Waals surface area contributed by atoms with E-state index in [2.05, 4.69) is 11.7 Å². The lowest BCUT2D eigenvalue weighted by molar-refractivity contribution is 0.551. The summed E-state index contributed by atoms with van der Waals surface area (Å²) < 4.78 is 7.14. The van der Waals surface area contributed by atoms with Crippen molar-refractivity contribution in [3.05, 3.63) is 24.9 Å². The highest BCUT2D eigenvalue weighted by atomic mass is 28.2. The van der Waals surface area contributed by atoms with Crippen LogP contribution in [0.15, 0.2) is 24.9 Å². The average Bonchev–Trinajstić information content (AvgIpc) is 2.37. The summed E-state index contributed by atoms with van der Waals surface area (Å²) in [6, 6.07) is 2.87. The number of aromatic nitrogens is 2. The first-order valence-corrected chi connectivity index (χ1v) is 5.14. The predicted octanol–water partition coefficient (Wildman–Crippen LogP) is 0.487. The molecule has 3 nitrogen and oxygen atoms in total. The molecule has 1 rings (SSSR count). The first-order valence-electron chi connectivity index (χ1n) is 3.56. The SMILES string of the molecule is C=CC[SiH2]Oc1ccn(C)n1. The van der Waals surface area contributed by atoms with Gasteiger partial charge in [-0.1, -0.05) is 6.08 Å². The van der Waals surface area contributed by atoms with Crippen molar-refractivity contribution in [2.45, 2.75) is 6.04 Å². The standard InChI is InChI=1S/C7H12N2OSi/c1-3-6-11-10-7-4-5-9(2)8-7/h3-5H,1,6,11H2,2H3. The molecular formula is C7H12N2OSi. The van der Waals surface area contributed by atoms with Crippen molar-refractivity contribution < 1.29 is 4.43 Å². The predicted molar refractivity (Wildman–Crippen MR) is 47.4 cm³/mol. The van der Waals surface area contributed by atoms with Crippen LogP contribution in [0.4, 0.5) is 0 Å². The Morgan fingerprint density at radius 2 is 2.73 bits per heavy atom. The molecule has 11 heavy (non-hydrogen) atoms. The summed E-state index contributed by atoms with van der Waals surface area (Å²) in [7, 11) is 1.41. The van der Waals surface area contributed by atoms with Gasteiger partial charge in [-0.2, -0.15) is 0 Å². The zero-order valence-corrected chi connectivity index (χ0v) is 8.07. The minimum Gasteiger partial charge on any atom is -0.535 e. The maximum Gasteiger partial charge on any atom is 0.225 e. The van der Waals surface area contributed by atoms with Crippen molar-refractivity contribution in [1.82, 2.24) is 9.78 Å². The number of nitrogens with zero attached hydrogens (tertiary/aromatic N) is 2. The molecule has 1 aromatic heterocycles. The van der Waals surface area contributed by atoms with Crippen LogP contribution >= 0.6 is 0 Å². The highest BCUT2D eigenvalue weighted by Crippen LogP contribution is 2.03. The van der Waals surface area contributed by atoms with Gasteiger partial charge in [-0.25, -0.2) is 0 Å². The van der Waals surface area contributed by atoms with Crippen molar-refractivity contribution in [2.24, 2.45) is 7.05 Å². The third-order valence-corrected chi connectivity index (χ3v) is 2.40. The van der Waals surface area contributed by atoms with Crippen molar-refractivity contribution in [3.8, 4) is 5.88 Å². The van der Waals surface area contributed by atoms with E-state index in [0.29, 0.717) is 0 Å². The Morgan fingerprint density at radius 1 is 1.91 bits per heavy atom. The molecule has 60 valence electrons. The quantitative estimate of drug-likeness (QED) is 0.371. The van der Waals surface area contributed by atoms with E-state index in [9.17, 15) is 0 Å². The fourth-order valence-electron chi connectivity index (χ4n) is 0.718. The van der Waals surface area contributed by atoms with E-state index in [1.807, 2.05) is 25.4 Å². The number of hydrogen-bond donors (Lipinski definition) is 0. The monoisotopic (exact) mass is 168 g/mol. The van der Waals surface area contributed by atoms with Gasteiger partial charge in [0.15, 0.2) is 0 Å². The van der Waals surface area contributed by atoms with E-state index in [1.54, 1.807) is 4.68 Å². The minimum absolute atomic E-state index is 0.468. The summed E-state index contributed by atoms with van der Waals surface area (Å²) in [6.07, 6.45) is 3.76. The van der Waals surface area contributed by atoms with Crippen molar-refractivity contribution >= 4 is 9.76 Å². The molecule has 0 aliphatic heterocycles. The summed E-state index contributed by atoms with van der Waals surface area (Å²) >= 11 is 0. The van der Waals surface area contributed by atoms with Crippen molar-refractivity contribution in [1.29, 1.82) is 0 Å². The number of allylic oxidation sites excluding steroid dienone is 1. The Morgan fingerprint density at radius 3 is 3.27 bits per heavy atom.